The lowest BCUT2D eigenvalue weighted by Crippen LogP contribution is -2.14. The molecule has 4 nitrogen and oxygen atoms in total. The largest absolute Gasteiger partial charge is 0.464 e. The van der Waals surface area contributed by atoms with Crippen molar-refractivity contribution in [3.63, 3.8) is 0 Å². The minimum atomic E-state index is -1.15. The van der Waals surface area contributed by atoms with Gasteiger partial charge in [-0.25, -0.2) is 10.2 Å². The smallest absolute Gasteiger partial charge is 0.425 e. The monoisotopic (exact) mass is 152 g/mol. The maximum Gasteiger partial charge on any atom is 0.425 e. The summed E-state index contributed by atoms with van der Waals surface area (Å²) in [6.07, 6.45) is 7.97. The van der Waals surface area contributed by atoms with Crippen molar-refractivity contribution in [1.29, 1.82) is 0 Å². The normalized spacial score (nSPS) is 16.4. The van der Waals surface area contributed by atoms with Gasteiger partial charge in [-0.1, -0.05) is 24.3 Å². The van der Waals surface area contributed by atoms with Gasteiger partial charge in [-0.15, -0.1) is 0 Å². The van der Waals surface area contributed by atoms with Gasteiger partial charge in [0.05, 0.1) is 0 Å². The molecular weight excluding hydrogens is 144 g/mol. The Kier molecular flexibility index (Phi) is 2.43. The molecule has 0 bridgehead atoms. The molecule has 1 aliphatic carbocycles. The van der Waals surface area contributed by atoms with E-state index in [0.717, 1.165) is 0 Å². The second-order valence-electron chi connectivity index (χ2n) is 2.04. The highest BCUT2D eigenvalue weighted by molar-refractivity contribution is 5.70. The summed E-state index contributed by atoms with van der Waals surface area (Å²) in [5, 5.41) is 11.6. The summed E-state index contributed by atoms with van der Waals surface area (Å²) < 4.78 is 0. The van der Waals surface area contributed by atoms with Gasteiger partial charge in [-0.2, -0.15) is 5.10 Å². The molecule has 1 amide bonds. The van der Waals surface area contributed by atoms with E-state index >= 15 is 0 Å². The number of nitrogens with one attached hydrogen (secondary N) is 1. The predicted octanol–water partition coefficient (Wildman–Crippen LogP) is 0.982. The van der Waals surface area contributed by atoms with E-state index in [1.165, 1.54) is 6.21 Å². The van der Waals surface area contributed by atoms with Crippen LogP contribution in [0.1, 0.15) is 0 Å². The average Bonchev–Trinajstić information content (AvgIpc) is 2.39. The van der Waals surface area contributed by atoms with Gasteiger partial charge in [-0.05, 0) is 0 Å². The van der Waals surface area contributed by atoms with Crippen LogP contribution in [0.3, 0.4) is 0 Å². The third-order valence-corrected chi connectivity index (χ3v) is 1.18. The number of carboxylic acid groups (broad SMARTS) is 1. The number of nitrogens with zero attached hydrogens (tertiary/aromatic N) is 1. The molecule has 0 aromatic rings. The summed E-state index contributed by atoms with van der Waals surface area (Å²) in [7, 11) is 0. The van der Waals surface area contributed by atoms with Crippen LogP contribution in [-0.2, 0) is 0 Å². The molecule has 0 saturated carbocycles. The first-order valence-corrected chi connectivity index (χ1v) is 3.16. The first-order chi connectivity index (χ1) is 5.29. The molecule has 0 aromatic heterocycles. The Morgan fingerprint density at radius 3 is 2.73 bits per heavy atom. The van der Waals surface area contributed by atoms with Crippen LogP contribution in [0.5, 0.6) is 0 Å². The molecule has 58 valence electrons. The Hall–Kier alpha value is -1.58. The Morgan fingerprint density at radius 2 is 2.18 bits per heavy atom. The highest BCUT2D eigenvalue weighted by atomic mass is 16.4. The summed E-state index contributed by atoms with van der Waals surface area (Å²) in [5.41, 5.74) is 1.89. The van der Waals surface area contributed by atoms with Gasteiger partial charge >= 0.3 is 6.09 Å². The zero-order valence-corrected chi connectivity index (χ0v) is 5.77. The predicted molar refractivity (Wildman–Crippen MR) is 41.4 cm³/mol. The first kappa shape index (κ1) is 7.53. The van der Waals surface area contributed by atoms with E-state index in [-0.39, 0.29) is 5.92 Å². The highest BCUT2D eigenvalue weighted by Crippen LogP contribution is 2.04. The number of hydrogen-bond acceptors (Lipinski definition) is 2. The quantitative estimate of drug-likeness (QED) is 0.457. The van der Waals surface area contributed by atoms with E-state index in [0.29, 0.717) is 0 Å². The van der Waals surface area contributed by atoms with Gasteiger partial charge in [-0.3, -0.25) is 0 Å². The van der Waals surface area contributed by atoms with Crippen LogP contribution < -0.4 is 5.43 Å². The minimum absolute atomic E-state index is 0.127. The van der Waals surface area contributed by atoms with Crippen LogP contribution in [-0.4, -0.2) is 17.4 Å². The van der Waals surface area contributed by atoms with Crippen molar-refractivity contribution < 1.29 is 9.90 Å². The maximum absolute atomic E-state index is 9.91. The van der Waals surface area contributed by atoms with Gasteiger partial charge in [0.2, 0.25) is 0 Å². The van der Waals surface area contributed by atoms with Gasteiger partial charge in [0, 0.05) is 12.1 Å². The number of carbonyl (C=O) groups is 1. The van der Waals surface area contributed by atoms with E-state index in [4.69, 9.17) is 5.11 Å². The van der Waals surface area contributed by atoms with Crippen molar-refractivity contribution in [1.82, 2.24) is 5.43 Å². The Balaban J connectivity index is 2.30. The van der Waals surface area contributed by atoms with Crippen LogP contribution in [0.25, 0.3) is 0 Å². The molecule has 0 aromatic carbocycles. The topological polar surface area (TPSA) is 61.7 Å². The van der Waals surface area contributed by atoms with Crippen molar-refractivity contribution in [3.05, 3.63) is 24.3 Å². The number of hydrogen-bond donors (Lipinski definition) is 2. The lowest BCUT2D eigenvalue weighted by atomic mass is 10.2. The molecule has 2 N–H and O–H groups in total. The minimum Gasteiger partial charge on any atom is -0.464 e. The molecule has 0 aliphatic heterocycles. The molecule has 1 aliphatic rings. The van der Waals surface area contributed by atoms with Crippen LogP contribution in [0, 0.1) is 5.92 Å². The zero-order valence-electron chi connectivity index (χ0n) is 5.77. The average molecular weight is 152 g/mol. The summed E-state index contributed by atoms with van der Waals surface area (Å²) in [4.78, 5) is 9.91. The molecule has 4 heteroatoms. The molecule has 0 unspecified atom stereocenters. The fraction of sp³-hybridized carbons (Fsp3) is 0.143. The summed E-state index contributed by atoms with van der Waals surface area (Å²) in [6, 6.07) is 0. The van der Waals surface area contributed by atoms with E-state index in [9.17, 15) is 4.79 Å². The van der Waals surface area contributed by atoms with Gasteiger partial charge in [0.1, 0.15) is 0 Å². The van der Waals surface area contributed by atoms with Gasteiger partial charge in [0.25, 0.3) is 0 Å². The maximum atomic E-state index is 9.91. The molecule has 11 heavy (non-hydrogen) atoms. The molecule has 0 saturated heterocycles. The lowest BCUT2D eigenvalue weighted by molar-refractivity contribution is 0.195. The van der Waals surface area contributed by atoms with Gasteiger partial charge < -0.3 is 5.11 Å². The standard InChI is InChI=1S/C7H8N2O2/c10-7(11)9-8-5-6-3-1-2-4-6/h1-6,9H,(H,10,11). The number of amides is 1. The van der Waals surface area contributed by atoms with E-state index in [1.807, 2.05) is 29.7 Å². The molecule has 0 atom stereocenters. The lowest BCUT2D eigenvalue weighted by Gasteiger charge is -1.93. The highest BCUT2D eigenvalue weighted by Gasteiger charge is 1.98. The van der Waals surface area contributed by atoms with Gasteiger partial charge in [0.15, 0.2) is 0 Å². The number of hydrazone groups is 1. The summed E-state index contributed by atoms with van der Waals surface area (Å²) in [6.45, 7) is 0. The van der Waals surface area contributed by atoms with Crippen LogP contribution in [0.2, 0.25) is 0 Å². The molecule has 0 radical (unpaired) electrons. The van der Waals surface area contributed by atoms with Crippen molar-refractivity contribution in [2.75, 3.05) is 0 Å². The Labute approximate surface area is 63.9 Å². The van der Waals surface area contributed by atoms with Crippen molar-refractivity contribution in [2.45, 2.75) is 0 Å². The van der Waals surface area contributed by atoms with E-state index in [1.54, 1.807) is 0 Å². The van der Waals surface area contributed by atoms with Crippen molar-refractivity contribution in [2.24, 2.45) is 11.0 Å². The van der Waals surface area contributed by atoms with E-state index in [2.05, 4.69) is 5.10 Å². The fourth-order valence-electron chi connectivity index (χ4n) is 0.727. The van der Waals surface area contributed by atoms with E-state index < -0.39 is 6.09 Å². The first-order valence-electron chi connectivity index (χ1n) is 3.16. The molecule has 1 rings (SSSR count). The van der Waals surface area contributed by atoms with Crippen molar-refractivity contribution >= 4 is 12.3 Å². The summed E-state index contributed by atoms with van der Waals surface area (Å²) >= 11 is 0. The fourth-order valence-corrected chi connectivity index (χ4v) is 0.727. The van der Waals surface area contributed by atoms with Crippen LogP contribution in [0.4, 0.5) is 4.79 Å². The number of rotatable bonds is 2. The molecular formula is C7H8N2O2. The summed E-state index contributed by atoms with van der Waals surface area (Å²) in [5.74, 6) is 0.127. The second kappa shape index (κ2) is 3.55. The Morgan fingerprint density at radius 1 is 1.55 bits per heavy atom. The number of allylic oxidation sites excluding steroid dienone is 4. The molecule has 0 heterocycles. The van der Waals surface area contributed by atoms with Crippen molar-refractivity contribution in [3.8, 4) is 0 Å². The SMILES string of the molecule is O=C(O)NN=CC1C=CC=C1. The molecule has 0 spiro atoms. The Bertz CT molecular complexity index is 219. The molecule has 0 fully saturated rings. The second-order valence-corrected chi connectivity index (χ2v) is 2.04. The van der Waals surface area contributed by atoms with Crippen LogP contribution >= 0.6 is 0 Å². The van der Waals surface area contributed by atoms with Crippen LogP contribution in [0.15, 0.2) is 29.4 Å². The third-order valence-electron chi connectivity index (χ3n) is 1.18. The zero-order chi connectivity index (χ0) is 8.10. The third kappa shape index (κ3) is 2.66.